The van der Waals surface area contributed by atoms with Gasteiger partial charge in [0.25, 0.3) is 0 Å². The Morgan fingerprint density at radius 3 is 2.47 bits per heavy atom. The highest BCUT2D eigenvalue weighted by atomic mass is 35.5. The van der Waals surface area contributed by atoms with Gasteiger partial charge in [0.05, 0.1) is 11.6 Å². The molecule has 0 aliphatic carbocycles. The zero-order valence-corrected chi connectivity index (χ0v) is 13.2. The van der Waals surface area contributed by atoms with Crippen LogP contribution in [0.15, 0.2) is 6.07 Å². The van der Waals surface area contributed by atoms with Crippen LogP contribution in [0, 0.1) is 0 Å². The number of anilines is 1. The van der Waals surface area contributed by atoms with Crippen molar-refractivity contribution in [2.24, 2.45) is 0 Å². The number of nitrogens with one attached hydrogen (secondary N) is 1. The van der Waals surface area contributed by atoms with Crippen LogP contribution in [0.1, 0.15) is 45.4 Å². The number of rotatable bonds is 9. The molecular weight excluding hydrogens is 283 g/mol. The maximum atomic E-state index is 6.04. The van der Waals surface area contributed by atoms with Crippen molar-refractivity contribution in [1.29, 1.82) is 0 Å². The topological polar surface area (TPSA) is 34.1 Å². The van der Waals surface area contributed by atoms with E-state index in [1.807, 2.05) is 0 Å². The molecule has 1 aromatic rings. The van der Waals surface area contributed by atoms with Crippen molar-refractivity contribution in [3.63, 3.8) is 0 Å². The highest BCUT2D eigenvalue weighted by Crippen LogP contribution is 2.30. The molecule has 108 valence electrons. The Morgan fingerprint density at radius 2 is 1.79 bits per heavy atom. The average molecular weight is 305 g/mol. The molecule has 1 rings (SSSR count). The number of ether oxygens (including phenoxy) is 1. The van der Waals surface area contributed by atoms with Crippen molar-refractivity contribution in [2.45, 2.75) is 45.4 Å². The molecular formula is C14H22Cl2N2O. The molecule has 1 heterocycles. The third kappa shape index (κ3) is 5.87. The van der Waals surface area contributed by atoms with Crippen LogP contribution in [-0.4, -0.2) is 18.6 Å². The Bertz CT molecular complexity index is 386. The van der Waals surface area contributed by atoms with Gasteiger partial charge in [-0.25, -0.2) is 0 Å². The minimum absolute atomic E-state index is 0.448. The quantitative estimate of drug-likeness (QED) is 0.639. The number of hydrogen-bond acceptors (Lipinski definition) is 3. The van der Waals surface area contributed by atoms with E-state index >= 15 is 0 Å². The van der Waals surface area contributed by atoms with E-state index in [1.54, 1.807) is 13.1 Å². The molecule has 3 nitrogen and oxygen atoms in total. The number of aromatic nitrogens is 1. The van der Waals surface area contributed by atoms with Crippen molar-refractivity contribution in [1.82, 2.24) is 4.98 Å². The van der Waals surface area contributed by atoms with Crippen molar-refractivity contribution in [3.8, 4) is 5.88 Å². The Balaban J connectivity index is 2.33. The van der Waals surface area contributed by atoms with E-state index in [2.05, 4.69) is 17.2 Å². The molecule has 0 saturated carbocycles. The third-order valence-electron chi connectivity index (χ3n) is 2.87. The lowest BCUT2D eigenvalue weighted by atomic mass is 10.1. The van der Waals surface area contributed by atoms with Crippen LogP contribution in [0.3, 0.4) is 0 Å². The lowest BCUT2D eigenvalue weighted by Crippen LogP contribution is -2.02. The Hall–Kier alpha value is -0.670. The van der Waals surface area contributed by atoms with Crippen LogP contribution in [0.5, 0.6) is 5.88 Å². The molecule has 0 aliphatic heterocycles. The van der Waals surface area contributed by atoms with Gasteiger partial charge in [0, 0.05) is 7.05 Å². The second kappa shape index (κ2) is 9.27. The molecule has 0 spiro atoms. The highest BCUT2D eigenvalue weighted by Gasteiger charge is 2.09. The van der Waals surface area contributed by atoms with Crippen LogP contribution in [0.4, 0.5) is 5.82 Å². The highest BCUT2D eigenvalue weighted by molar-refractivity contribution is 6.36. The Labute approximate surface area is 125 Å². The monoisotopic (exact) mass is 304 g/mol. The minimum atomic E-state index is 0.448. The summed E-state index contributed by atoms with van der Waals surface area (Å²) in [4.78, 5) is 4.24. The number of unbranched alkanes of at least 4 members (excludes halogenated alkanes) is 5. The van der Waals surface area contributed by atoms with Gasteiger partial charge in [-0.05, 0) is 12.5 Å². The first kappa shape index (κ1) is 16.4. The van der Waals surface area contributed by atoms with Gasteiger partial charge in [0.2, 0.25) is 5.88 Å². The summed E-state index contributed by atoms with van der Waals surface area (Å²) < 4.78 is 5.60. The number of pyridine rings is 1. The molecule has 19 heavy (non-hydrogen) atoms. The minimum Gasteiger partial charge on any atom is -0.477 e. The van der Waals surface area contributed by atoms with Gasteiger partial charge >= 0.3 is 0 Å². The second-order valence-electron chi connectivity index (χ2n) is 4.47. The van der Waals surface area contributed by atoms with Crippen molar-refractivity contribution in [3.05, 3.63) is 16.1 Å². The molecule has 1 N–H and O–H groups in total. The maximum Gasteiger partial charge on any atom is 0.234 e. The number of nitrogens with zero attached hydrogens (tertiary/aromatic N) is 1. The summed E-state index contributed by atoms with van der Waals surface area (Å²) in [6, 6.07) is 1.65. The fourth-order valence-electron chi connectivity index (χ4n) is 1.78. The molecule has 0 saturated heterocycles. The van der Waals surface area contributed by atoms with Crippen molar-refractivity contribution < 1.29 is 4.74 Å². The second-order valence-corrected chi connectivity index (χ2v) is 5.29. The predicted molar refractivity (Wildman–Crippen MR) is 82.7 cm³/mol. The van der Waals surface area contributed by atoms with Crippen LogP contribution < -0.4 is 10.1 Å². The smallest absolute Gasteiger partial charge is 0.234 e. The molecule has 0 fully saturated rings. The molecule has 0 aromatic carbocycles. The maximum absolute atomic E-state index is 6.04. The molecule has 0 amide bonds. The van der Waals surface area contributed by atoms with Gasteiger partial charge in [-0.2, -0.15) is 4.98 Å². The molecule has 1 aromatic heterocycles. The van der Waals surface area contributed by atoms with Crippen molar-refractivity contribution in [2.75, 3.05) is 19.0 Å². The van der Waals surface area contributed by atoms with Crippen LogP contribution >= 0.6 is 23.2 Å². The largest absolute Gasteiger partial charge is 0.477 e. The van der Waals surface area contributed by atoms with Gasteiger partial charge in [-0.3, -0.25) is 0 Å². The van der Waals surface area contributed by atoms with E-state index in [0.29, 0.717) is 28.3 Å². The van der Waals surface area contributed by atoms with E-state index in [4.69, 9.17) is 27.9 Å². The first-order valence-electron chi connectivity index (χ1n) is 6.85. The summed E-state index contributed by atoms with van der Waals surface area (Å²) in [5.41, 5.74) is 0. The van der Waals surface area contributed by atoms with Gasteiger partial charge in [0.1, 0.15) is 10.8 Å². The summed E-state index contributed by atoms with van der Waals surface area (Å²) in [7, 11) is 1.76. The number of hydrogen-bond donors (Lipinski definition) is 1. The third-order valence-corrected chi connectivity index (χ3v) is 3.43. The van der Waals surface area contributed by atoms with Crippen LogP contribution in [0.2, 0.25) is 10.0 Å². The lowest BCUT2D eigenvalue weighted by molar-refractivity contribution is 0.294. The van der Waals surface area contributed by atoms with Crippen LogP contribution in [0.25, 0.3) is 0 Å². The summed E-state index contributed by atoms with van der Waals surface area (Å²) in [6.07, 6.45) is 7.37. The first-order chi connectivity index (χ1) is 9.19. The SMILES string of the molecule is CCCCCCCCOc1nc(NC)c(Cl)cc1Cl. The van der Waals surface area contributed by atoms with Gasteiger partial charge < -0.3 is 10.1 Å². The van der Waals surface area contributed by atoms with E-state index < -0.39 is 0 Å². The van der Waals surface area contributed by atoms with E-state index in [9.17, 15) is 0 Å². The lowest BCUT2D eigenvalue weighted by Gasteiger charge is -2.10. The summed E-state index contributed by atoms with van der Waals surface area (Å²) in [6.45, 7) is 2.86. The molecule has 0 atom stereocenters. The molecule has 0 unspecified atom stereocenters. The van der Waals surface area contributed by atoms with Crippen molar-refractivity contribution >= 4 is 29.0 Å². The predicted octanol–water partition coefficient (Wildman–Crippen LogP) is 5.17. The van der Waals surface area contributed by atoms with Gasteiger partial charge in [0.15, 0.2) is 0 Å². The van der Waals surface area contributed by atoms with Crippen LogP contribution in [-0.2, 0) is 0 Å². The molecule has 0 radical (unpaired) electrons. The first-order valence-corrected chi connectivity index (χ1v) is 7.61. The molecule has 0 aliphatic rings. The summed E-state index contributed by atoms with van der Waals surface area (Å²) >= 11 is 12.0. The Kier molecular flexibility index (Phi) is 7.99. The van der Waals surface area contributed by atoms with E-state index in [-0.39, 0.29) is 0 Å². The molecule has 0 bridgehead atoms. The van der Waals surface area contributed by atoms with Gasteiger partial charge in [-0.1, -0.05) is 62.2 Å². The fraction of sp³-hybridized carbons (Fsp3) is 0.643. The van der Waals surface area contributed by atoms with E-state index in [1.165, 1.54) is 32.1 Å². The Morgan fingerprint density at radius 1 is 1.11 bits per heavy atom. The molecule has 5 heteroatoms. The summed E-state index contributed by atoms with van der Waals surface area (Å²) in [5.74, 6) is 1.04. The fourth-order valence-corrected chi connectivity index (χ4v) is 2.29. The standard InChI is InChI=1S/C14H22Cl2N2O/c1-3-4-5-6-7-8-9-19-14-12(16)10-11(15)13(17-2)18-14/h10H,3-9H2,1-2H3,(H,17,18). The summed E-state index contributed by atoms with van der Waals surface area (Å²) in [5, 5.41) is 3.86. The number of halogens is 2. The van der Waals surface area contributed by atoms with E-state index in [0.717, 1.165) is 6.42 Å². The zero-order valence-electron chi connectivity index (χ0n) is 11.6. The normalized spacial score (nSPS) is 10.5. The van der Waals surface area contributed by atoms with Gasteiger partial charge in [-0.15, -0.1) is 0 Å². The zero-order chi connectivity index (χ0) is 14.1. The average Bonchev–Trinajstić information content (AvgIpc) is 2.40.